The van der Waals surface area contributed by atoms with E-state index in [2.05, 4.69) is 15.7 Å². The molecule has 2 aliphatic carbocycles. The Kier molecular flexibility index (Phi) is 4.00. The molecule has 0 unspecified atom stereocenters. The molecule has 2 aromatic rings. The molecule has 2 N–H and O–H groups in total. The number of carbonyl (C=O) groups is 2. The van der Waals surface area contributed by atoms with E-state index >= 15 is 0 Å². The van der Waals surface area contributed by atoms with Crippen molar-refractivity contribution in [3.63, 3.8) is 0 Å². The second-order valence-electron chi connectivity index (χ2n) is 6.81. The molecule has 0 radical (unpaired) electrons. The van der Waals surface area contributed by atoms with Gasteiger partial charge in [-0.05, 0) is 43.4 Å². The highest BCUT2D eigenvalue weighted by molar-refractivity contribution is 6.30. The fourth-order valence-electron chi connectivity index (χ4n) is 2.95. The number of hydrogen-bond donors (Lipinski definition) is 2. The molecule has 2 saturated carbocycles. The second-order valence-corrected chi connectivity index (χ2v) is 7.25. The van der Waals surface area contributed by atoms with Crippen molar-refractivity contribution in [3.05, 3.63) is 47.2 Å². The Morgan fingerprint density at radius 3 is 2.60 bits per heavy atom. The summed E-state index contributed by atoms with van der Waals surface area (Å²) in [6.07, 6.45) is 7.00. The molecular weight excluding hydrogens is 340 g/mol. The number of rotatable bonds is 6. The van der Waals surface area contributed by atoms with Gasteiger partial charge in [0.05, 0.1) is 17.3 Å². The summed E-state index contributed by atoms with van der Waals surface area (Å²) in [5.41, 5.74) is 1.10. The van der Waals surface area contributed by atoms with Gasteiger partial charge in [-0.2, -0.15) is 5.10 Å². The first-order valence-electron chi connectivity index (χ1n) is 8.44. The third-order valence-electron chi connectivity index (χ3n) is 4.72. The average molecular weight is 359 g/mol. The molecule has 25 heavy (non-hydrogen) atoms. The first-order valence-corrected chi connectivity index (χ1v) is 8.82. The Balaban J connectivity index is 1.39. The number of nitrogens with one attached hydrogen (secondary N) is 2. The minimum Gasteiger partial charge on any atom is -0.352 e. The minimum atomic E-state index is -0.476. The zero-order valence-corrected chi connectivity index (χ0v) is 14.4. The van der Waals surface area contributed by atoms with Gasteiger partial charge in [0.2, 0.25) is 11.8 Å². The maximum atomic E-state index is 12.7. The summed E-state index contributed by atoms with van der Waals surface area (Å²) < 4.78 is 1.54. The van der Waals surface area contributed by atoms with Gasteiger partial charge in [0.1, 0.15) is 6.54 Å². The molecule has 0 bridgehead atoms. The maximum Gasteiger partial charge on any atom is 0.241 e. The van der Waals surface area contributed by atoms with Crippen molar-refractivity contribution in [2.45, 2.75) is 43.7 Å². The molecule has 7 heteroatoms. The molecule has 2 fully saturated rings. The predicted molar refractivity (Wildman–Crippen MR) is 94.4 cm³/mol. The fourth-order valence-corrected chi connectivity index (χ4v) is 3.08. The quantitative estimate of drug-likeness (QED) is 0.833. The molecule has 130 valence electrons. The second kappa shape index (κ2) is 6.19. The van der Waals surface area contributed by atoms with Gasteiger partial charge in [0.25, 0.3) is 0 Å². The molecule has 2 aliphatic rings. The van der Waals surface area contributed by atoms with Crippen molar-refractivity contribution in [1.29, 1.82) is 0 Å². The Bertz CT molecular complexity index is 807. The van der Waals surface area contributed by atoms with E-state index in [4.69, 9.17) is 11.6 Å². The zero-order valence-electron chi connectivity index (χ0n) is 13.7. The Hall–Kier alpha value is -2.34. The van der Waals surface area contributed by atoms with E-state index in [1.54, 1.807) is 24.5 Å². The third-order valence-corrected chi connectivity index (χ3v) is 4.97. The molecule has 2 amide bonds. The van der Waals surface area contributed by atoms with Crippen LogP contribution in [0.2, 0.25) is 5.02 Å². The molecule has 1 heterocycles. The summed E-state index contributed by atoms with van der Waals surface area (Å²) in [6.45, 7) is 0.161. The predicted octanol–water partition coefficient (Wildman–Crippen LogP) is 2.49. The highest BCUT2D eigenvalue weighted by atomic mass is 35.5. The van der Waals surface area contributed by atoms with Gasteiger partial charge in [-0.15, -0.1) is 0 Å². The molecule has 1 aromatic heterocycles. The number of halogens is 1. The SMILES string of the molecule is O=C(Cn1cc(NC(=O)C2(c3ccc(Cl)cc3)CC2)cn1)NC1CC1. The third kappa shape index (κ3) is 3.54. The summed E-state index contributed by atoms with van der Waals surface area (Å²) in [7, 11) is 0. The van der Waals surface area contributed by atoms with Crippen LogP contribution in [-0.2, 0) is 21.5 Å². The van der Waals surface area contributed by atoms with Gasteiger partial charge in [0.15, 0.2) is 0 Å². The molecular formula is C18H19ClN4O2. The van der Waals surface area contributed by atoms with Crippen molar-refractivity contribution in [3.8, 4) is 0 Å². The van der Waals surface area contributed by atoms with Crippen LogP contribution in [0.5, 0.6) is 0 Å². The van der Waals surface area contributed by atoms with Crippen LogP contribution >= 0.6 is 11.6 Å². The Morgan fingerprint density at radius 2 is 1.96 bits per heavy atom. The molecule has 1 aromatic carbocycles. The lowest BCUT2D eigenvalue weighted by molar-refractivity contribution is -0.122. The smallest absolute Gasteiger partial charge is 0.241 e. The summed E-state index contributed by atoms with van der Waals surface area (Å²) >= 11 is 5.93. The van der Waals surface area contributed by atoms with E-state index in [1.165, 1.54) is 4.68 Å². The van der Waals surface area contributed by atoms with Crippen molar-refractivity contribution in [1.82, 2.24) is 15.1 Å². The number of nitrogens with zero attached hydrogens (tertiary/aromatic N) is 2. The molecule has 6 nitrogen and oxygen atoms in total. The van der Waals surface area contributed by atoms with Crippen molar-refractivity contribution >= 4 is 29.1 Å². The van der Waals surface area contributed by atoms with Crippen LogP contribution in [0.25, 0.3) is 0 Å². The molecule has 0 saturated heterocycles. The van der Waals surface area contributed by atoms with Crippen LogP contribution in [0.4, 0.5) is 5.69 Å². The highest BCUT2D eigenvalue weighted by Crippen LogP contribution is 2.49. The zero-order chi connectivity index (χ0) is 17.4. The summed E-state index contributed by atoms with van der Waals surface area (Å²) in [5, 5.41) is 10.6. The van der Waals surface area contributed by atoms with Gasteiger partial charge in [-0.25, -0.2) is 0 Å². The number of hydrogen-bond acceptors (Lipinski definition) is 3. The highest BCUT2D eigenvalue weighted by Gasteiger charge is 2.51. The van der Waals surface area contributed by atoms with E-state index in [0.717, 1.165) is 31.2 Å². The lowest BCUT2D eigenvalue weighted by Crippen LogP contribution is -2.29. The van der Waals surface area contributed by atoms with Gasteiger partial charge in [-0.1, -0.05) is 23.7 Å². The molecule has 0 atom stereocenters. The van der Waals surface area contributed by atoms with Crippen LogP contribution in [0.1, 0.15) is 31.2 Å². The summed E-state index contributed by atoms with van der Waals surface area (Å²) in [6, 6.07) is 7.75. The lowest BCUT2D eigenvalue weighted by atomic mass is 9.95. The van der Waals surface area contributed by atoms with Gasteiger partial charge in [0, 0.05) is 17.3 Å². The number of benzene rings is 1. The Labute approximate surface area is 150 Å². The fraction of sp³-hybridized carbons (Fsp3) is 0.389. The van der Waals surface area contributed by atoms with Crippen molar-refractivity contribution in [2.24, 2.45) is 0 Å². The molecule has 0 aliphatic heterocycles. The van der Waals surface area contributed by atoms with E-state index in [1.807, 2.05) is 12.1 Å². The Morgan fingerprint density at radius 1 is 1.24 bits per heavy atom. The van der Waals surface area contributed by atoms with Crippen molar-refractivity contribution < 1.29 is 9.59 Å². The van der Waals surface area contributed by atoms with Crippen LogP contribution in [-0.4, -0.2) is 27.6 Å². The largest absolute Gasteiger partial charge is 0.352 e. The first kappa shape index (κ1) is 16.1. The number of carbonyl (C=O) groups excluding carboxylic acids is 2. The first-order chi connectivity index (χ1) is 12.0. The van der Waals surface area contributed by atoms with Crippen LogP contribution in [0.3, 0.4) is 0 Å². The van der Waals surface area contributed by atoms with E-state index < -0.39 is 5.41 Å². The molecule has 0 spiro atoms. The average Bonchev–Trinajstić information content (AvgIpc) is 3.49. The maximum absolute atomic E-state index is 12.7. The van der Waals surface area contributed by atoms with E-state index in [-0.39, 0.29) is 18.4 Å². The van der Waals surface area contributed by atoms with Gasteiger partial charge < -0.3 is 10.6 Å². The lowest BCUT2D eigenvalue weighted by Gasteiger charge is -2.15. The van der Waals surface area contributed by atoms with Crippen LogP contribution in [0.15, 0.2) is 36.7 Å². The summed E-state index contributed by atoms with van der Waals surface area (Å²) in [4.78, 5) is 24.5. The topological polar surface area (TPSA) is 76.0 Å². The van der Waals surface area contributed by atoms with Gasteiger partial charge in [-0.3, -0.25) is 14.3 Å². The molecule has 4 rings (SSSR count). The normalized spacial score (nSPS) is 17.8. The number of anilines is 1. The van der Waals surface area contributed by atoms with Crippen LogP contribution < -0.4 is 10.6 Å². The number of aromatic nitrogens is 2. The minimum absolute atomic E-state index is 0.0446. The van der Waals surface area contributed by atoms with Gasteiger partial charge >= 0.3 is 0 Å². The number of amides is 2. The standard InChI is InChI=1S/C18H19ClN4O2/c19-13-3-1-12(2-4-13)18(7-8-18)17(25)22-15-9-20-23(10-15)11-16(24)21-14-5-6-14/h1-4,9-10,14H,5-8,11H2,(H,21,24)(H,22,25). The summed E-state index contributed by atoms with van der Waals surface area (Å²) in [5.74, 6) is -0.0971. The van der Waals surface area contributed by atoms with E-state index in [0.29, 0.717) is 16.8 Å². The van der Waals surface area contributed by atoms with Crippen LogP contribution in [0, 0.1) is 0 Å². The van der Waals surface area contributed by atoms with Crippen molar-refractivity contribution in [2.75, 3.05) is 5.32 Å². The monoisotopic (exact) mass is 358 g/mol. The van der Waals surface area contributed by atoms with E-state index in [9.17, 15) is 9.59 Å².